The third-order valence-corrected chi connectivity index (χ3v) is 3.39. The molecule has 1 atom stereocenters. The van der Waals surface area contributed by atoms with Crippen LogP contribution in [-0.2, 0) is 4.79 Å². The van der Waals surface area contributed by atoms with E-state index in [1.54, 1.807) is 17.0 Å². The zero-order valence-electron chi connectivity index (χ0n) is 10.5. The van der Waals surface area contributed by atoms with E-state index in [2.05, 4.69) is 0 Å². The van der Waals surface area contributed by atoms with E-state index in [4.69, 9.17) is 5.73 Å². The Hall–Kier alpha value is -1.62. The fourth-order valence-electron chi connectivity index (χ4n) is 2.25. The van der Waals surface area contributed by atoms with Gasteiger partial charge in [0, 0.05) is 19.3 Å². The quantitative estimate of drug-likeness (QED) is 0.865. The number of hydrogen-bond donors (Lipinski definition) is 1. The fourth-order valence-corrected chi connectivity index (χ4v) is 2.25. The number of hydrogen-bond acceptors (Lipinski definition) is 3. The van der Waals surface area contributed by atoms with Crippen molar-refractivity contribution in [1.82, 2.24) is 4.90 Å². The molecule has 5 heteroatoms. The molecule has 1 aromatic carbocycles. The molecule has 0 saturated carbocycles. The van der Waals surface area contributed by atoms with E-state index in [1.807, 2.05) is 11.9 Å². The van der Waals surface area contributed by atoms with Crippen molar-refractivity contribution in [3.63, 3.8) is 0 Å². The molecule has 2 N–H and O–H groups in total. The van der Waals surface area contributed by atoms with E-state index in [-0.39, 0.29) is 17.8 Å². The highest BCUT2D eigenvalue weighted by Gasteiger charge is 2.29. The van der Waals surface area contributed by atoms with E-state index >= 15 is 0 Å². The van der Waals surface area contributed by atoms with Crippen molar-refractivity contribution < 1.29 is 9.18 Å². The first-order valence-electron chi connectivity index (χ1n) is 6.08. The Balaban J connectivity index is 2.14. The molecule has 1 aliphatic rings. The van der Waals surface area contributed by atoms with Gasteiger partial charge in [0.05, 0.1) is 12.6 Å². The Labute approximate surface area is 106 Å². The zero-order chi connectivity index (χ0) is 13.1. The van der Waals surface area contributed by atoms with Crippen LogP contribution in [0.4, 0.5) is 10.1 Å². The highest BCUT2D eigenvalue weighted by atomic mass is 19.1. The van der Waals surface area contributed by atoms with Gasteiger partial charge in [0.25, 0.3) is 0 Å². The van der Waals surface area contributed by atoms with Crippen LogP contribution in [-0.4, -0.2) is 43.5 Å². The number of nitrogens with zero attached hydrogens (tertiary/aromatic N) is 2. The summed E-state index contributed by atoms with van der Waals surface area (Å²) in [5.41, 5.74) is 6.44. The van der Waals surface area contributed by atoms with Gasteiger partial charge in [-0.1, -0.05) is 0 Å². The van der Waals surface area contributed by atoms with Crippen LogP contribution >= 0.6 is 0 Å². The molecule has 2 rings (SSSR count). The number of nitrogens with two attached hydrogens (primary N) is 1. The lowest BCUT2D eigenvalue weighted by atomic mass is 10.1. The highest BCUT2D eigenvalue weighted by molar-refractivity contribution is 5.83. The van der Waals surface area contributed by atoms with Gasteiger partial charge in [-0.05, 0) is 37.2 Å². The molecule has 1 aromatic rings. The second-order valence-electron chi connectivity index (χ2n) is 4.59. The molecule has 0 bridgehead atoms. The summed E-state index contributed by atoms with van der Waals surface area (Å²) in [5, 5.41) is 0. The number of halogens is 1. The summed E-state index contributed by atoms with van der Waals surface area (Å²) in [7, 11) is 1.81. The van der Waals surface area contributed by atoms with Crippen LogP contribution in [0.15, 0.2) is 24.3 Å². The first-order valence-corrected chi connectivity index (χ1v) is 6.08. The zero-order valence-corrected chi connectivity index (χ0v) is 10.5. The number of likely N-dealkylation sites (N-methyl/N-ethyl adjacent to an activating group) is 1. The summed E-state index contributed by atoms with van der Waals surface area (Å²) < 4.78 is 12.9. The van der Waals surface area contributed by atoms with Crippen molar-refractivity contribution in [2.24, 2.45) is 5.73 Å². The van der Waals surface area contributed by atoms with Crippen molar-refractivity contribution in [3.05, 3.63) is 30.1 Å². The third kappa shape index (κ3) is 2.61. The minimum atomic E-state index is -0.266. The Morgan fingerprint density at radius 1 is 1.39 bits per heavy atom. The van der Waals surface area contributed by atoms with Gasteiger partial charge >= 0.3 is 0 Å². The van der Waals surface area contributed by atoms with Crippen molar-refractivity contribution in [1.29, 1.82) is 0 Å². The normalized spacial score (nSPS) is 20.4. The van der Waals surface area contributed by atoms with E-state index in [9.17, 15) is 9.18 Å². The van der Waals surface area contributed by atoms with E-state index in [0.717, 1.165) is 18.7 Å². The largest absolute Gasteiger partial charge is 0.360 e. The van der Waals surface area contributed by atoms with Crippen LogP contribution in [0.2, 0.25) is 0 Å². The van der Waals surface area contributed by atoms with Gasteiger partial charge in [-0.2, -0.15) is 0 Å². The number of amides is 1. The number of rotatable bonds is 3. The number of anilines is 1. The van der Waals surface area contributed by atoms with Gasteiger partial charge in [-0.15, -0.1) is 0 Å². The Kier molecular flexibility index (Phi) is 3.81. The monoisotopic (exact) mass is 251 g/mol. The molecule has 1 fully saturated rings. The predicted octanol–water partition coefficient (Wildman–Crippen LogP) is 0.821. The molecule has 0 aromatic heterocycles. The molecule has 1 aliphatic heterocycles. The van der Waals surface area contributed by atoms with Crippen molar-refractivity contribution >= 4 is 11.6 Å². The van der Waals surface area contributed by atoms with E-state index in [1.165, 1.54) is 12.1 Å². The number of carbonyl (C=O) groups excluding carboxylic acids is 1. The standard InChI is InChI=1S/C13H18FN3O/c1-16-12(6-7-15)8-17(9-13(16)18)11-4-2-10(14)3-5-11/h2-5,12H,6-9,15H2,1H3. The number of piperazine rings is 1. The highest BCUT2D eigenvalue weighted by Crippen LogP contribution is 2.20. The second-order valence-corrected chi connectivity index (χ2v) is 4.59. The second kappa shape index (κ2) is 5.35. The molecule has 4 nitrogen and oxygen atoms in total. The molecule has 1 heterocycles. The topological polar surface area (TPSA) is 49.6 Å². The molecular formula is C13H18FN3O. The molecule has 1 amide bonds. The van der Waals surface area contributed by atoms with Gasteiger partial charge < -0.3 is 15.5 Å². The lowest BCUT2D eigenvalue weighted by Crippen LogP contribution is -2.55. The molecule has 0 radical (unpaired) electrons. The molecule has 0 spiro atoms. The van der Waals surface area contributed by atoms with E-state index in [0.29, 0.717) is 13.1 Å². The summed E-state index contributed by atoms with van der Waals surface area (Å²) in [5.74, 6) is -0.193. The van der Waals surface area contributed by atoms with Crippen LogP contribution in [0.1, 0.15) is 6.42 Å². The average molecular weight is 251 g/mol. The summed E-state index contributed by atoms with van der Waals surface area (Å²) in [4.78, 5) is 15.6. The van der Waals surface area contributed by atoms with Crippen LogP contribution in [0, 0.1) is 5.82 Å². The van der Waals surface area contributed by atoms with Gasteiger partial charge in [0.2, 0.25) is 5.91 Å². The smallest absolute Gasteiger partial charge is 0.242 e. The van der Waals surface area contributed by atoms with E-state index < -0.39 is 0 Å². The number of carbonyl (C=O) groups is 1. The van der Waals surface area contributed by atoms with Crippen LogP contribution in [0.3, 0.4) is 0 Å². The summed E-state index contributed by atoms with van der Waals surface area (Å²) >= 11 is 0. The maximum Gasteiger partial charge on any atom is 0.242 e. The average Bonchev–Trinajstić information content (AvgIpc) is 2.36. The first kappa shape index (κ1) is 12.8. The van der Waals surface area contributed by atoms with Crippen LogP contribution < -0.4 is 10.6 Å². The molecular weight excluding hydrogens is 233 g/mol. The van der Waals surface area contributed by atoms with Gasteiger partial charge in [-0.25, -0.2) is 4.39 Å². The minimum absolute atomic E-state index is 0.0732. The molecule has 0 aliphatic carbocycles. The molecule has 18 heavy (non-hydrogen) atoms. The fraction of sp³-hybridized carbons (Fsp3) is 0.462. The summed E-state index contributed by atoms with van der Waals surface area (Å²) in [6, 6.07) is 6.36. The molecule has 98 valence electrons. The lowest BCUT2D eigenvalue weighted by molar-refractivity contribution is -0.132. The van der Waals surface area contributed by atoms with Crippen LogP contribution in [0.5, 0.6) is 0 Å². The Bertz CT molecular complexity index is 421. The van der Waals surface area contributed by atoms with Crippen molar-refractivity contribution in [3.8, 4) is 0 Å². The van der Waals surface area contributed by atoms with Crippen LogP contribution in [0.25, 0.3) is 0 Å². The SMILES string of the molecule is CN1C(=O)CN(c2ccc(F)cc2)CC1CCN. The van der Waals surface area contributed by atoms with Gasteiger partial charge in [0.15, 0.2) is 0 Å². The predicted molar refractivity (Wildman–Crippen MR) is 68.8 cm³/mol. The lowest BCUT2D eigenvalue weighted by Gasteiger charge is -2.40. The third-order valence-electron chi connectivity index (χ3n) is 3.39. The van der Waals surface area contributed by atoms with Gasteiger partial charge in [-0.3, -0.25) is 4.79 Å². The Morgan fingerprint density at radius 3 is 2.67 bits per heavy atom. The summed E-state index contributed by atoms with van der Waals surface area (Å²) in [6.45, 7) is 1.63. The van der Waals surface area contributed by atoms with Crippen molar-refractivity contribution in [2.45, 2.75) is 12.5 Å². The summed E-state index contributed by atoms with van der Waals surface area (Å²) in [6.07, 6.45) is 0.778. The maximum atomic E-state index is 12.9. The molecule has 1 unspecified atom stereocenters. The number of benzene rings is 1. The van der Waals surface area contributed by atoms with Gasteiger partial charge in [0.1, 0.15) is 5.82 Å². The molecule has 1 saturated heterocycles. The first-order chi connectivity index (χ1) is 8.61. The maximum absolute atomic E-state index is 12.9. The Morgan fingerprint density at radius 2 is 2.06 bits per heavy atom. The van der Waals surface area contributed by atoms with Crippen molar-refractivity contribution in [2.75, 3.05) is 31.6 Å². The minimum Gasteiger partial charge on any atom is -0.360 e.